The van der Waals surface area contributed by atoms with Crippen molar-refractivity contribution in [1.82, 2.24) is 14.8 Å². The van der Waals surface area contributed by atoms with Crippen LogP contribution in [0, 0.1) is 0 Å². The minimum Gasteiger partial charge on any atom is -0.440 e. The molecule has 1 aromatic heterocycles. The van der Waals surface area contributed by atoms with E-state index in [-0.39, 0.29) is 0 Å². The van der Waals surface area contributed by atoms with Gasteiger partial charge in [-0.2, -0.15) is 0 Å². The van der Waals surface area contributed by atoms with Gasteiger partial charge in [-0.15, -0.1) is 0 Å². The highest BCUT2D eigenvalue weighted by molar-refractivity contribution is 6.31. The highest BCUT2D eigenvalue weighted by atomic mass is 35.5. The van der Waals surface area contributed by atoms with Crippen molar-refractivity contribution in [3.8, 4) is 0 Å². The first kappa shape index (κ1) is 17.8. The number of hydrogen-bond acceptors (Lipinski definition) is 4. The summed E-state index contributed by atoms with van der Waals surface area (Å²) in [5, 5.41) is 0.686. The van der Waals surface area contributed by atoms with Gasteiger partial charge in [0.1, 0.15) is 5.52 Å². The second-order valence-corrected chi connectivity index (χ2v) is 7.91. The number of fused-ring (bicyclic) bond motifs is 1. The van der Waals surface area contributed by atoms with Crippen molar-refractivity contribution >= 4 is 28.6 Å². The van der Waals surface area contributed by atoms with E-state index in [0.717, 1.165) is 75.4 Å². The molecule has 2 fully saturated rings. The molecule has 2 aliphatic rings. The van der Waals surface area contributed by atoms with E-state index in [1.54, 1.807) is 0 Å². The van der Waals surface area contributed by atoms with Crippen molar-refractivity contribution < 1.29 is 9.21 Å². The first-order valence-electron chi connectivity index (χ1n) is 9.75. The number of oxazole rings is 1. The van der Waals surface area contributed by atoms with E-state index >= 15 is 0 Å². The molecule has 0 N–H and O–H groups in total. The van der Waals surface area contributed by atoms with Crippen molar-refractivity contribution in [2.45, 2.75) is 44.4 Å². The summed E-state index contributed by atoms with van der Waals surface area (Å²) in [7, 11) is 0. The summed E-state index contributed by atoms with van der Waals surface area (Å²) < 4.78 is 5.93. The molecule has 0 spiro atoms. The maximum atomic E-state index is 12.3. The number of nitrogens with zero attached hydrogens (tertiary/aromatic N) is 3. The van der Waals surface area contributed by atoms with Crippen LogP contribution in [0.1, 0.15) is 50.3 Å². The summed E-state index contributed by atoms with van der Waals surface area (Å²) in [4.78, 5) is 21.4. The minimum atomic E-state index is 0.322. The molecule has 2 saturated heterocycles. The standard InChI is InChI=1S/C20H26ClN3O2/c21-16-4-5-18-17(14-16)22-20(26-18)15-6-11-23(12-7-15)13-8-19(25)24-9-2-1-3-10-24/h4-5,14-15H,1-3,6-13H2. The molecule has 5 nitrogen and oxygen atoms in total. The average molecular weight is 376 g/mol. The Bertz CT molecular complexity index is 762. The maximum Gasteiger partial charge on any atom is 0.223 e. The van der Waals surface area contributed by atoms with Gasteiger partial charge in [0.05, 0.1) is 0 Å². The molecule has 140 valence electrons. The SMILES string of the molecule is O=C(CCN1CCC(c2nc3cc(Cl)ccc3o2)CC1)N1CCCCC1. The predicted molar refractivity (Wildman–Crippen MR) is 102 cm³/mol. The van der Waals surface area contributed by atoms with E-state index in [4.69, 9.17) is 16.0 Å². The molecule has 0 bridgehead atoms. The van der Waals surface area contributed by atoms with Gasteiger partial charge >= 0.3 is 0 Å². The number of hydrogen-bond donors (Lipinski definition) is 0. The largest absolute Gasteiger partial charge is 0.440 e. The number of aromatic nitrogens is 1. The van der Waals surface area contributed by atoms with Gasteiger partial charge in [0.2, 0.25) is 5.91 Å². The highest BCUT2D eigenvalue weighted by Gasteiger charge is 2.25. The first-order valence-corrected chi connectivity index (χ1v) is 10.1. The van der Waals surface area contributed by atoms with Gasteiger partial charge in [-0.05, 0) is 63.4 Å². The monoisotopic (exact) mass is 375 g/mol. The number of amides is 1. The molecule has 0 unspecified atom stereocenters. The first-order chi connectivity index (χ1) is 12.7. The van der Waals surface area contributed by atoms with Crippen molar-refractivity contribution in [2.75, 3.05) is 32.7 Å². The van der Waals surface area contributed by atoms with Crippen LogP contribution in [0.5, 0.6) is 0 Å². The van der Waals surface area contributed by atoms with Crippen LogP contribution in [0.4, 0.5) is 0 Å². The van der Waals surface area contributed by atoms with Crippen molar-refractivity contribution in [3.63, 3.8) is 0 Å². The Labute approximate surface area is 159 Å². The molecule has 0 saturated carbocycles. The van der Waals surface area contributed by atoms with Crippen LogP contribution in [-0.2, 0) is 4.79 Å². The summed E-state index contributed by atoms with van der Waals surface area (Å²) >= 11 is 6.03. The predicted octanol–water partition coefficient (Wildman–Crippen LogP) is 4.06. The zero-order chi connectivity index (χ0) is 17.9. The van der Waals surface area contributed by atoms with E-state index in [1.807, 2.05) is 23.1 Å². The van der Waals surface area contributed by atoms with Crippen LogP contribution in [-0.4, -0.2) is 53.4 Å². The van der Waals surface area contributed by atoms with Gasteiger partial charge in [0.15, 0.2) is 11.5 Å². The fourth-order valence-corrected chi connectivity index (χ4v) is 4.22. The zero-order valence-electron chi connectivity index (χ0n) is 15.1. The maximum absolute atomic E-state index is 12.3. The molecular weight excluding hydrogens is 350 g/mol. The lowest BCUT2D eigenvalue weighted by Gasteiger charge is -2.32. The summed E-state index contributed by atoms with van der Waals surface area (Å²) in [5.41, 5.74) is 1.64. The number of benzene rings is 1. The lowest BCUT2D eigenvalue weighted by Crippen LogP contribution is -2.39. The van der Waals surface area contributed by atoms with Gasteiger partial charge in [-0.3, -0.25) is 4.79 Å². The molecule has 1 aromatic carbocycles. The fourth-order valence-electron chi connectivity index (χ4n) is 4.05. The van der Waals surface area contributed by atoms with Gasteiger partial charge in [0.25, 0.3) is 0 Å². The Hall–Kier alpha value is -1.59. The Morgan fingerprint density at radius 2 is 1.92 bits per heavy atom. The molecule has 6 heteroatoms. The van der Waals surface area contributed by atoms with Crippen LogP contribution in [0.2, 0.25) is 5.02 Å². The normalized spacial score (nSPS) is 20.0. The van der Waals surface area contributed by atoms with Gasteiger partial charge < -0.3 is 14.2 Å². The molecule has 26 heavy (non-hydrogen) atoms. The molecule has 4 rings (SSSR count). The van der Waals surface area contributed by atoms with E-state index in [9.17, 15) is 4.79 Å². The quantitative estimate of drug-likeness (QED) is 0.808. The molecule has 2 aromatic rings. The molecule has 2 aliphatic heterocycles. The van der Waals surface area contributed by atoms with Crippen LogP contribution in [0.25, 0.3) is 11.1 Å². The number of likely N-dealkylation sites (tertiary alicyclic amines) is 2. The van der Waals surface area contributed by atoms with Crippen LogP contribution in [0.3, 0.4) is 0 Å². The number of carbonyl (C=O) groups is 1. The Morgan fingerprint density at radius 1 is 1.15 bits per heavy atom. The van der Waals surface area contributed by atoms with Crippen LogP contribution < -0.4 is 0 Å². The lowest BCUT2D eigenvalue weighted by molar-refractivity contribution is -0.132. The smallest absolute Gasteiger partial charge is 0.223 e. The molecule has 0 radical (unpaired) electrons. The summed E-state index contributed by atoms with van der Waals surface area (Å²) in [6.07, 6.45) is 6.28. The molecule has 3 heterocycles. The third-order valence-corrected chi connectivity index (χ3v) is 5.89. The fraction of sp³-hybridized carbons (Fsp3) is 0.600. The van der Waals surface area contributed by atoms with E-state index < -0.39 is 0 Å². The summed E-state index contributed by atoms with van der Waals surface area (Å²) in [6, 6.07) is 5.57. The van der Waals surface area contributed by atoms with E-state index in [2.05, 4.69) is 9.88 Å². The van der Waals surface area contributed by atoms with Crippen molar-refractivity contribution in [2.24, 2.45) is 0 Å². The number of halogens is 1. The molecule has 1 amide bonds. The topological polar surface area (TPSA) is 49.6 Å². The molecular formula is C20H26ClN3O2. The third kappa shape index (κ3) is 4.04. The van der Waals surface area contributed by atoms with E-state index in [1.165, 1.54) is 6.42 Å². The summed E-state index contributed by atoms with van der Waals surface area (Å²) in [6.45, 7) is 4.76. The number of carbonyl (C=O) groups excluding carboxylic acids is 1. The van der Waals surface area contributed by atoms with Crippen molar-refractivity contribution in [3.05, 3.63) is 29.1 Å². The van der Waals surface area contributed by atoms with Crippen LogP contribution in [0.15, 0.2) is 22.6 Å². The van der Waals surface area contributed by atoms with E-state index in [0.29, 0.717) is 23.3 Å². The number of rotatable bonds is 4. The zero-order valence-corrected chi connectivity index (χ0v) is 15.9. The number of piperidine rings is 2. The van der Waals surface area contributed by atoms with Gasteiger partial charge in [-0.25, -0.2) is 4.98 Å². The summed E-state index contributed by atoms with van der Waals surface area (Å²) in [5.74, 6) is 1.50. The van der Waals surface area contributed by atoms with Gasteiger partial charge in [0, 0.05) is 37.0 Å². The molecule has 0 aliphatic carbocycles. The third-order valence-electron chi connectivity index (χ3n) is 5.65. The molecule has 0 atom stereocenters. The Morgan fingerprint density at radius 3 is 2.69 bits per heavy atom. The average Bonchev–Trinajstić information content (AvgIpc) is 3.10. The lowest BCUT2D eigenvalue weighted by atomic mass is 9.96. The van der Waals surface area contributed by atoms with Gasteiger partial charge in [-0.1, -0.05) is 11.6 Å². The van der Waals surface area contributed by atoms with Crippen LogP contribution >= 0.6 is 11.6 Å². The minimum absolute atomic E-state index is 0.322. The second-order valence-electron chi connectivity index (χ2n) is 7.47. The Kier molecular flexibility index (Phi) is 5.46. The second kappa shape index (κ2) is 7.97. The Balaban J connectivity index is 1.27. The highest BCUT2D eigenvalue weighted by Crippen LogP contribution is 2.30. The van der Waals surface area contributed by atoms with Crippen molar-refractivity contribution in [1.29, 1.82) is 0 Å².